The van der Waals surface area contributed by atoms with E-state index in [1.165, 1.54) is 18.2 Å². The van der Waals surface area contributed by atoms with Crippen molar-refractivity contribution in [1.29, 1.82) is 0 Å². The SMILES string of the molecule is CCCCCCc1cc(F)c(CCc2ccc3c(F)c(CCc4ccc(F)c(F)c4)ccc3c2)c(F)c1. The second-order valence-corrected chi connectivity index (χ2v) is 9.69. The lowest BCUT2D eigenvalue weighted by Gasteiger charge is -2.11. The molecule has 0 N–H and O–H groups in total. The van der Waals surface area contributed by atoms with Crippen LogP contribution < -0.4 is 0 Å². The average Bonchev–Trinajstić information content (AvgIpc) is 2.88. The molecule has 0 unspecified atom stereocenters. The molecule has 4 aromatic rings. The summed E-state index contributed by atoms with van der Waals surface area (Å²) in [7, 11) is 0. The molecule has 0 amide bonds. The maximum absolute atomic E-state index is 15.1. The van der Waals surface area contributed by atoms with Crippen molar-refractivity contribution in [2.75, 3.05) is 0 Å². The van der Waals surface area contributed by atoms with Crippen LogP contribution in [0.25, 0.3) is 10.8 Å². The van der Waals surface area contributed by atoms with Crippen molar-refractivity contribution in [2.45, 2.75) is 64.7 Å². The van der Waals surface area contributed by atoms with Crippen molar-refractivity contribution in [3.8, 4) is 0 Å². The summed E-state index contributed by atoms with van der Waals surface area (Å²) in [5, 5.41) is 1.16. The average molecular weight is 511 g/mol. The third kappa shape index (κ3) is 6.76. The number of halogens is 5. The van der Waals surface area contributed by atoms with Gasteiger partial charge in [-0.15, -0.1) is 0 Å². The molecule has 0 heterocycles. The summed E-state index contributed by atoms with van der Waals surface area (Å²) in [4.78, 5) is 0. The zero-order valence-corrected chi connectivity index (χ0v) is 21.0. The Kier molecular flexibility index (Phi) is 8.96. The van der Waals surface area contributed by atoms with E-state index in [2.05, 4.69) is 6.92 Å². The van der Waals surface area contributed by atoms with E-state index in [0.717, 1.165) is 43.4 Å². The minimum Gasteiger partial charge on any atom is -0.207 e. The van der Waals surface area contributed by atoms with E-state index in [9.17, 15) is 17.6 Å². The van der Waals surface area contributed by atoms with Gasteiger partial charge in [-0.1, -0.05) is 62.6 Å². The maximum atomic E-state index is 15.1. The molecule has 0 atom stereocenters. The van der Waals surface area contributed by atoms with Gasteiger partial charge in [-0.25, -0.2) is 22.0 Å². The molecule has 0 radical (unpaired) electrons. The molecule has 0 aliphatic rings. The zero-order chi connectivity index (χ0) is 26.4. The molecule has 0 saturated carbocycles. The Balaban J connectivity index is 1.41. The molecule has 0 saturated heterocycles. The van der Waals surface area contributed by atoms with Crippen LogP contribution in [0.4, 0.5) is 22.0 Å². The first-order chi connectivity index (χ1) is 17.9. The van der Waals surface area contributed by atoms with Crippen LogP contribution >= 0.6 is 0 Å². The van der Waals surface area contributed by atoms with Crippen LogP contribution in [-0.4, -0.2) is 0 Å². The van der Waals surface area contributed by atoms with Crippen LogP contribution in [0.1, 0.15) is 60.4 Å². The van der Waals surface area contributed by atoms with Gasteiger partial charge in [0.25, 0.3) is 0 Å². The molecule has 37 heavy (non-hydrogen) atoms. The number of hydrogen-bond donors (Lipinski definition) is 0. The van der Waals surface area contributed by atoms with Gasteiger partial charge in [-0.3, -0.25) is 0 Å². The number of unbranched alkanes of at least 4 members (excludes halogenated alkanes) is 3. The molecule has 0 aliphatic heterocycles. The van der Waals surface area contributed by atoms with E-state index < -0.39 is 23.3 Å². The Hall–Kier alpha value is -3.21. The van der Waals surface area contributed by atoms with E-state index in [1.807, 2.05) is 12.1 Å². The molecule has 0 aliphatic carbocycles. The topological polar surface area (TPSA) is 0 Å². The highest BCUT2D eigenvalue weighted by Gasteiger charge is 2.13. The lowest BCUT2D eigenvalue weighted by atomic mass is 9.96. The summed E-state index contributed by atoms with van der Waals surface area (Å²) in [6, 6.07) is 15.4. The van der Waals surface area contributed by atoms with Gasteiger partial charge in [0.2, 0.25) is 0 Å². The van der Waals surface area contributed by atoms with Crippen molar-refractivity contribution >= 4 is 10.8 Å². The van der Waals surface area contributed by atoms with E-state index in [-0.39, 0.29) is 17.8 Å². The first kappa shape index (κ1) is 26.8. The van der Waals surface area contributed by atoms with Crippen LogP contribution in [-0.2, 0) is 32.1 Å². The molecule has 0 spiro atoms. The fourth-order valence-electron chi connectivity index (χ4n) is 4.77. The Labute approximate surface area is 215 Å². The number of fused-ring (bicyclic) bond motifs is 1. The van der Waals surface area contributed by atoms with Gasteiger partial charge < -0.3 is 0 Å². The first-order valence-corrected chi connectivity index (χ1v) is 13.0. The highest BCUT2D eigenvalue weighted by Crippen LogP contribution is 2.25. The number of aryl methyl sites for hydroxylation is 4. The Morgan fingerprint density at radius 2 is 1.19 bits per heavy atom. The van der Waals surface area contributed by atoms with Crippen molar-refractivity contribution < 1.29 is 22.0 Å². The van der Waals surface area contributed by atoms with Crippen molar-refractivity contribution in [2.24, 2.45) is 0 Å². The number of rotatable bonds is 11. The monoisotopic (exact) mass is 510 g/mol. The van der Waals surface area contributed by atoms with Crippen LogP contribution in [0.3, 0.4) is 0 Å². The quantitative estimate of drug-likeness (QED) is 0.139. The molecular weight excluding hydrogens is 479 g/mol. The number of benzene rings is 4. The molecule has 194 valence electrons. The second-order valence-electron chi connectivity index (χ2n) is 9.69. The minimum absolute atomic E-state index is 0.0798. The molecule has 0 fully saturated rings. The molecule has 4 aromatic carbocycles. The lowest BCUT2D eigenvalue weighted by Crippen LogP contribution is -2.02. The highest BCUT2D eigenvalue weighted by molar-refractivity contribution is 5.84. The summed E-state index contributed by atoms with van der Waals surface area (Å²) in [5.74, 6) is -3.19. The third-order valence-electron chi connectivity index (χ3n) is 6.95. The van der Waals surface area contributed by atoms with E-state index >= 15 is 4.39 Å². The van der Waals surface area contributed by atoms with Crippen LogP contribution in [0.5, 0.6) is 0 Å². The van der Waals surface area contributed by atoms with Crippen LogP contribution in [0.2, 0.25) is 0 Å². The van der Waals surface area contributed by atoms with Crippen LogP contribution in [0, 0.1) is 29.1 Å². The van der Waals surface area contributed by atoms with E-state index in [4.69, 9.17) is 0 Å². The predicted molar refractivity (Wildman–Crippen MR) is 139 cm³/mol. The normalized spacial score (nSPS) is 11.4. The molecule has 5 heteroatoms. The maximum Gasteiger partial charge on any atom is 0.159 e. The van der Waals surface area contributed by atoms with Gasteiger partial charge in [0, 0.05) is 10.9 Å². The molecule has 4 rings (SSSR count). The largest absolute Gasteiger partial charge is 0.207 e. The van der Waals surface area contributed by atoms with Gasteiger partial charge in [-0.2, -0.15) is 0 Å². The van der Waals surface area contributed by atoms with Crippen LogP contribution in [0.15, 0.2) is 60.7 Å². The van der Waals surface area contributed by atoms with Crippen molar-refractivity contribution in [1.82, 2.24) is 0 Å². The fourth-order valence-corrected chi connectivity index (χ4v) is 4.77. The molecule has 0 aromatic heterocycles. The lowest BCUT2D eigenvalue weighted by molar-refractivity contribution is 0.507. The summed E-state index contributed by atoms with van der Waals surface area (Å²) >= 11 is 0. The minimum atomic E-state index is -0.915. The van der Waals surface area contributed by atoms with Crippen molar-refractivity contribution in [3.63, 3.8) is 0 Å². The molecular formula is C32H31F5. The predicted octanol–water partition coefficient (Wildman–Crippen LogP) is 9.23. The molecule has 0 bridgehead atoms. The fraction of sp³-hybridized carbons (Fsp3) is 0.312. The summed E-state index contributed by atoms with van der Waals surface area (Å²) in [6.07, 6.45) is 6.27. The Bertz CT molecular complexity index is 1350. The highest BCUT2D eigenvalue weighted by atomic mass is 19.2. The Morgan fingerprint density at radius 1 is 0.514 bits per heavy atom. The zero-order valence-electron chi connectivity index (χ0n) is 21.0. The van der Waals surface area contributed by atoms with E-state index in [0.29, 0.717) is 53.1 Å². The third-order valence-corrected chi connectivity index (χ3v) is 6.95. The smallest absolute Gasteiger partial charge is 0.159 e. The van der Waals surface area contributed by atoms with Gasteiger partial charge >= 0.3 is 0 Å². The first-order valence-electron chi connectivity index (χ1n) is 13.0. The summed E-state index contributed by atoms with van der Waals surface area (Å²) < 4.78 is 71.0. The summed E-state index contributed by atoms with van der Waals surface area (Å²) in [5.41, 5.74) is 2.72. The van der Waals surface area contributed by atoms with Gasteiger partial charge in [0.1, 0.15) is 17.5 Å². The van der Waals surface area contributed by atoms with Gasteiger partial charge in [-0.05, 0) is 90.4 Å². The number of hydrogen-bond acceptors (Lipinski definition) is 0. The standard InChI is InChI=1S/C32H31F5/c1-2-3-4-5-6-23-19-29(34)27(30(35)20-23)15-9-21-8-14-26-25(17-21)13-12-24(32(26)37)11-7-22-10-16-28(33)31(36)18-22/h8,10,12-14,16-20H,2-7,9,11,15H2,1H3. The molecule has 0 nitrogen and oxygen atoms in total. The second kappa shape index (κ2) is 12.4. The summed E-state index contributed by atoms with van der Waals surface area (Å²) in [6.45, 7) is 2.12. The van der Waals surface area contributed by atoms with Crippen molar-refractivity contribution in [3.05, 3.63) is 118 Å². The van der Waals surface area contributed by atoms with E-state index in [1.54, 1.807) is 18.2 Å². The van der Waals surface area contributed by atoms with Gasteiger partial charge in [0.15, 0.2) is 11.6 Å². The van der Waals surface area contributed by atoms with Gasteiger partial charge in [0.05, 0.1) is 0 Å². The Morgan fingerprint density at radius 3 is 1.92 bits per heavy atom.